The van der Waals surface area contributed by atoms with E-state index >= 15 is 0 Å². The summed E-state index contributed by atoms with van der Waals surface area (Å²) in [5.41, 5.74) is 0. The second-order valence-electron chi connectivity index (χ2n) is 3.51. The first-order valence-corrected chi connectivity index (χ1v) is 4.75. The van der Waals surface area contributed by atoms with Crippen LogP contribution in [0.3, 0.4) is 0 Å². The van der Waals surface area contributed by atoms with Crippen molar-refractivity contribution in [3.8, 4) is 0 Å². The molecule has 0 aromatic carbocycles. The van der Waals surface area contributed by atoms with Crippen LogP contribution in [0.4, 0.5) is 14.6 Å². The molecule has 2 atom stereocenters. The van der Waals surface area contributed by atoms with E-state index in [0.29, 0.717) is 12.4 Å². The summed E-state index contributed by atoms with van der Waals surface area (Å²) in [6.07, 6.45) is -1.49. The molecule has 2 heterocycles. The Hall–Kier alpha value is -1.23. The van der Waals surface area contributed by atoms with Crippen LogP contribution in [-0.4, -0.2) is 37.5 Å². The van der Waals surface area contributed by atoms with Gasteiger partial charge in [-0.05, 0) is 12.1 Å². The SMILES string of the molecule is CO[C@H]1CN(c2cccc(F)n2)C[C@H]1F. The van der Waals surface area contributed by atoms with E-state index in [1.54, 1.807) is 17.0 Å². The molecule has 0 radical (unpaired) electrons. The van der Waals surface area contributed by atoms with E-state index in [-0.39, 0.29) is 6.54 Å². The second-order valence-corrected chi connectivity index (χ2v) is 3.51. The molecule has 0 spiro atoms. The molecule has 15 heavy (non-hydrogen) atoms. The monoisotopic (exact) mass is 214 g/mol. The Balaban J connectivity index is 2.13. The maximum absolute atomic E-state index is 13.3. The van der Waals surface area contributed by atoms with Crippen molar-refractivity contribution < 1.29 is 13.5 Å². The van der Waals surface area contributed by atoms with Crippen LogP contribution in [0.1, 0.15) is 0 Å². The van der Waals surface area contributed by atoms with Gasteiger partial charge in [0.05, 0.1) is 6.54 Å². The van der Waals surface area contributed by atoms with Gasteiger partial charge in [-0.1, -0.05) is 6.07 Å². The van der Waals surface area contributed by atoms with Crippen LogP contribution in [0.5, 0.6) is 0 Å². The summed E-state index contributed by atoms with van der Waals surface area (Å²) in [6.45, 7) is 0.614. The molecule has 1 fully saturated rings. The lowest BCUT2D eigenvalue weighted by Gasteiger charge is -2.15. The van der Waals surface area contributed by atoms with Gasteiger partial charge in [-0.2, -0.15) is 4.39 Å². The molecule has 0 N–H and O–H groups in total. The van der Waals surface area contributed by atoms with E-state index in [2.05, 4.69) is 4.98 Å². The average molecular weight is 214 g/mol. The van der Waals surface area contributed by atoms with E-state index in [1.807, 2.05) is 0 Å². The fraction of sp³-hybridized carbons (Fsp3) is 0.500. The molecule has 5 heteroatoms. The van der Waals surface area contributed by atoms with Crippen molar-refractivity contribution in [3.63, 3.8) is 0 Å². The third kappa shape index (κ3) is 2.07. The molecular weight excluding hydrogens is 202 g/mol. The van der Waals surface area contributed by atoms with Crippen LogP contribution in [-0.2, 0) is 4.74 Å². The number of anilines is 1. The van der Waals surface area contributed by atoms with Gasteiger partial charge in [0.1, 0.15) is 18.1 Å². The summed E-state index contributed by atoms with van der Waals surface area (Å²) in [6, 6.07) is 4.49. The number of ether oxygens (including phenoxy) is 1. The highest BCUT2D eigenvalue weighted by Crippen LogP contribution is 2.21. The molecule has 0 aliphatic carbocycles. The van der Waals surface area contributed by atoms with Gasteiger partial charge in [-0.15, -0.1) is 0 Å². The molecule has 2 rings (SSSR count). The minimum absolute atomic E-state index is 0.203. The predicted molar refractivity (Wildman–Crippen MR) is 52.1 cm³/mol. The van der Waals surface area contributed by atoms with Gasteiger partial charge in [0.15, 0.2) is 0 Å². The zero-order valence-corrected chi connectivity index (χ0v) is 8.36. The van der Waals surface area contributed by atoms with E-state index in [9.17, 15) is 8.78 Å². The normalized spacial score (nSPS) is 25.9. The number of hydrogen-bond acceptors (Lipinski definition) is 3. The Bertz CT molecular complexity index is 348. The van der Waals surface area contributed by atoms with E-state index < -0.39 is 18.2 Å². The van der Waals surface area contributed by atoms with Crippen LogP contribution >= 0.6 is 0 Å². The quantitative estimate of drug-likeness (QED) is 0.696. The summed E-state index contributed by atoms with van der Waals surface area (Å²) in [7, 11) is 1.47. The topological polar surface area (TPSA) is 25.4 Å². The Morgan fingerprint density at radius 3 is 2.87 bits per heavy atom. The van der Waals surface area contributed by atoms with Crippen molar-refractivity contribution in [1.82, 2.24) is 4.98 Å². The van der Waals surface area contributed by atoms with Crippen LogP contribution in [0, 0.1) is 5.95 Å². The Morgan fingerprint density at radius 1 is 1.47 bits per heavy atom. The largest absolute Gasteiger partial charge is 0.377 e. The van der Waals surface area contributed by atoms with E-state index in [4.69, 9.17) is 4.74 Å². The minimum atomic E-state index is -1.04. The number of methoxy groups -OCH3 is 1. The Morgan fingerprint density at radius 2 is 2.27 bits per heavy atom. The summed E-state index contributed by atoms with van der Waals surface area (Å²) < 4.78 is 31.1. The zero-order valence-electron chi connectivity index (χ0n) is 8.36. The van der Waals surface area contributed by atoms with Gasteiger partial charge in [0.2, 0.25) is 5.95 Å². The fourth-order valence-corrected chi connectivity index (χ4v) is 1.72. The summed E-state index contributed by atoms with van der Waals surface area (Å²) >= 11 is 0. The first-order valence-electron chi connectivity index (χ1n) is 4.75. The van der Waals surface area contributed by atoms with Crippen LogP contribution in [0.25, 0.3) is 0 Å². The van der Waals surface area contributed by atoms with Gasteiger partial charge in [0, 0.05) is 13.7 Å². The first kappa shape index (κ1) is 10.3. The number of rotatable bonds is 2. The molecular formula is C10H12F2N2O. The van der Waals surface area contributed by atoms with Crippen LogP contribution in [0.15, 0.2) is 18.2 Å². The smallest absolute Gasteiger partial charge is 0.214 e. The van der Waals surface area contributed by atoms with Crippen molar-refractivity contribution >= 4 is 5.82 Å². The van der Waals surface area contributed by atoms with Crippen molar-refractivity contribution in [2.24, 2.45) is 0 Å². The zero-order chi connectivity index (χ0) is 10.8. The highest BCUT2D eigenvalue weighted by molar-refractivity contribution is 5.40. The third-order valence-electron chi connectivity index (χ3n) is 2.53. The van der Waals surface area contributed by atoms with Crippen molar-refractivity contribution in [1.29, 1.82) is 0 Å². The standard InChI is InChI=1S/C10H12F2N2O/c1-15-8-6-14(5-7(8)11)10-4-2-3-9(12)13-10/h2-4,7-8H,5-6H2,1H3/t7-,8+/m1/s1. The van der Waals surface area contributed by atoms with Gasteiger partial charge in [0.25, 0.3) is 0 Å². The molecule has 1 aliphatic rings. The lowest BCUT2D eigenvalue weighted by molar-refractivity contribution is 0.0650. The third-order valence-corrected chi connectivity index (χ3v) is 2.53. The molecule has 82 valence electrons. The van der Waals surface area contributed by atoms with Crippen molar-refractivity contribution in [2.75, 3.05) is 25.1 Å². The molecule has 0 bridgehead atoms. The lowest BCUT2D eigenvalue weighted by atomic mass is 10.3. The number of alkyl halides is 1. The number of pyridine rings is 1. The number of aromatic nitrogens is 1. The first-order chi connectivity index (χ1) is 7.20. The Kier molecular flexibility index (Phi) is 2.81. The van der Waals surface area contributed by atoms with Gasteiger partial charge in [-0.25, -0.2) is 9.37 Å². The Labute approximate surface area is 86.7 Å². The van der Waals surface area contributed by atoms with Crippen molar-refractivity contribution in [2.45, 2.75) is 12.3 Å². The maximum Gasteiger partial charge on any atom is 0.214 e. The van der Waals surface area contributed by atoms with Gasteiger partial charge >= 0.3 is 0 Å². The molecule has 1 saturated heterocycles. The molecule has 0 saturated carbocycles. The molecule has 3 nitrogen and oxygen atoms in total. The predicted octanol–water partition coefficient (Wildman–Crippen LogP) is 1.39. The minimum Gasteiger partial charge on any atom is -0.377 e. The molecule has 1 aromatic heterocycles. The summed E-state index contributed by atoms with van der Waals surface area (Å²) in [5, 5.41) is 0. The molecule has 0 unspecified atom stereocenters. The highest BCUT2D eigenvalue weighted by atomic mass is 19.1. The summed E-state index contributed by atoms with van der Waals surface area (Å²) in [4.78, 5) is 5.38. The van der Waals surface area contributed by atoms with Gasteiger partial charge < -0.3 is 9.64 Å². The number of halogens is 2. The highest BCUT2D eigenvalue weighted by Gasteiger charge is 2.33. The van der Waals surface area contributed by atoms with Crippen LogP contribution < -0.4 is 4.90 Å². The second kappa shape index (κ2) is 4.10. The van der Waals surface area contributed by atoms with Gasteiger partial charge in [-0.3, -0.25) is 0 Å². The maximum atomic E-state index is 13.3. The van der Waals surface area contributed by atoms with E-state index in [1.165, 1.54) is 13.2 Å². The average Bonchev–Trinajstić information content (AvgIpc) is 2.60. The van der Waals surface area contributed by atoms with Crippen molar-refractivity contribution in [3.05, 3.63) is 24.1 Å². The number of hydrogen-bond donors (Lipinski definition) is 0. The lowest BCUT2D eigenvalue weighted by Crippen LogP contribution is -2.23. The number of nitrogens with zero attached hydrogens (tertiary/aromatic N) is 2. The molecule has 1 aromatic rings. The fourth-order valence-electron chi connectivity index (χ4n) is 1.72. The van der Waals surface area contributed by atoms with E-state index in [0.717, 1.165) is 0 Å². The molecule has 1 aliphatic heterocycles. The summed E-state index contributed by atoms with van der Waals surface area (Å²) in [5.74, 6) is -0.0963. The molecule has 0 amide bonds. The van der Waals surface area contributed by atoms with Crippen LogP contribution in [0.2, 0.25) is 0 Å².